The second kappa shape index (κ2) is 6.60. The summed E-state index contributed by atoms with van der Waals surface area (Å²) in [6, 6.07) is 9.31. The van der Waals surface area contributed by atoms with Crippen molar-refractivity contribution < 1.29 is 14.7 Å². The maximum Gasteiger partial charge on any atom is 0.305 e. The number of carboxylic acid groups (broad SMARTS) is 1. The van der Waals surface area contributed by atoms with Gasteiger partial charge in [-0.1, -0.05) is 30.3 Å². The number of hydrogen-bond donors (Lipinski definition) is 1. The number of rotatable bonds is 6. The molecule has 2 rings (SSSR count). The van der Waals surface area contributed by atoms with Crippen LogP contribution >= 0.6 is 0 Å². The van der Waals surface area contributed by atoms with Crippen LogP contribution in [0.3, 0.4) is 0 Å². The Morgan fingerprint density at radius 1 is 1.29 bits per heavy atom. The normalized spacial score (nSPS) is 10.3. The van der Waals surface area contributed by atoms with Gasteiger partial charge < -0.3 is 10.0 Å². The summed E-state index contributed by atoms with van der Waals surface area (Å²) < 4.78 is 0. The van der Waals surface area contributed by atoms with Gasteiger partial charge in [-0.3, -0.25) is 9.59 Å². The molecule has 1 N–H and O–H groups in total. The molecule has 0 aliphatic carbocycles. The van der Waals surface area contributed by atoms with Crippen molar-refractivity contribution >= 4 is 11.9 Å². The number of aromatic nitrogens is 4. The monoisotopic (exact) mass is 289 g/mol. The summed E-state index contributed by atoms with van der Waals surface area (Å²) in [4.78, 5) is 24.9. The van der Waals surface area contributed by atoms with Gasteiger partial charge in [-0.25, -0.2) is 0 Å². The fourth-order valence-electron chi connectivity index (χ4n) is 1.64. The lowest BCUT2D eigenvalue weighted by molar-refractivity contribution is -0.138. The molecule has 1 heterocycles. The van der Waals surface area contributed by atoms with Crippen molar-refractivity contribution in [2.45, 2.75) is 13.0 Å². The summed E-state index contributed by atoms with van der Waals surface area (Å²) in [6.07, 6.45) is -0.0949. The summed E-state index contributed by atoms with van der Waals surface area (Å²) in [6.45, 7) is 0.0738. The summed E-state index contributed by atoms with van der Waals surface area (Å²) >= 11 is 0. The second-order valence-electron chi connectivity index (χ2n) is 4.47. The van der Waals surface area contributed by atoms with Crippen LogP contribution in [-0.4, -0.2) is 55.7 Å². The number of aliphatic carboxylic acids is 1. The zero-order chi connectivity index (χ0) is 15.2. The molecule has 1 aromatic heterocycles. The number of benzene rings is 1. The third-order valence-electron chi connectivity index (χ3n) is 2.85. The van der Waals surface area contributed by atoms with E-state index in [4.69, 9.17) is 5.11 Å². The standard InChI is InChI=1S/C13H15N5O3/c1-17(8-7-12(20)21)11(19)9-18-15-13(14-16-18)10-5-3-2-4-6-10/h2-6H,7-9H2,1H3,(H,20,21). The molecule has 0 aliphatic heterocycles. The highest BCUT2D eigenvalue weighted by molar-refractivity contribution is 5.76. The van der Waals surface area contributed by atoms with E-state index in [0.29, 0.717) is 5.82 Å². The van der Waals surface area contributed by atoms with Crippen molar-refractivity contribution in [3.63, 3.8) is 0 Å². The average molecular weight is 289 g/mol. The number of amides is 1. The molecule has 0 atom stereocenters. The summed E-state index contributed by atoms with van der Waals surface area (Å²) in [5.74, 6) is -0.773. The molecular formula is C13H15N5O3. The Morgan fingerprint density at radius 2 is 2.00 bits per heavy atom. The van der Waals surface area contributed by atoms with Crippen LogP contribution in [0.15, 0.2) is 30.3 Å². The quantitative estimate of drug-likeness (QED) is 0.819. The van der Waals surface area contributed by atoms with E-state index in [0.717, 1.165) is 5.56 Å². The molecule has 0 bridgehead atoms. The van der Waals surface area contributed by atoms with Crippen molar-refractivity contribution in [1.82, 2.24) is 25.1 Å². The third-order valence-corrected chi connectivity index (χ3v) is 2.85. The highest BCUT2D eigenvalue weighted by Gasteiger charge is 2.13. The van der Waals surface area contributed by atoms with E-state index in [1.165, 1.54) is 9.70 Å². The average Bonchev–Trinajstić information content (AvgIpc) is 2.94. The molecule has 0 unspecified atom stereocenters. The molecule has 0 saturated heterocycles. The van der Waals surface area contributed by atoms with Crippen molar-refractivity contribution in [1.29, 1.82) is 0 Å². The molecule has 8 nitrogen and oxygen atoms in total. The zero-order valence-corrected chi connectivity index (χ0v) is 11.5. The maximum atomic E-state index is 11.9. The molecule has 1 aromatic carbocycles. The number of likely N-dealkylation sites (N-methyl/N-ethyl adjacent to an activating group) is 1. The molecule has 110 valence electrons. The van der Waals surface area contributed by atoms with Gasteiger partial charge in [0.05, 0.1) is 6.42 Å². The Labute approximate surface area is 121 Å². The van der Waals surface area contributed by atoms with E-state index in [-0.39, 0.29) is 25.4 Å². The Morgan fingerprint density at radius 3 is 2.67 bits per heavy atom. The minimum Gasteiger partial charge on any atom is -0.481 e. The SMILES string of the molecule is CN(CCC(=O)O)C(=O)Cn1nnc(-c2ccccc2)n1. The summed E-state index contributed by atoms with van der Waals surface area (Å²) in [5, 5.41) is 20.4. The molecule has 0 radical (unpaired) electrons. The van der Waals surface area contributed by atoms with Crippen molar-refractivity contribution in [3.8, 4) is 11.4 Å². The van der Waals surface area contributed by atoms with Gasteiger partial charge in [0.15, 0.2) is 0 Å². The Balaban J connectivity index is 1.96. The van der Waals surface area contributed by atoms with Gasteiger partial charge in [0.2, 0.25) is 11.7 Å². The van der Waals surface area contributed by atoms with E-state index in [9.17, 15) is 9.59 Å². The van der Waals surface area contributed by atoms with Gasteiger partial charge >= 0.3 is 5.97 Å². The largest absolute Gasteiger partial charge is 0.481 e. The highest BCUT2D eigenvalue weighted by atomic mass is 16.4. The van der Waals surface area contributed by atoms with Gasteiger partial charge in [0.25, 0.3) is 0 Å². The van der Waals surface area contributed by atoms with Crippen molar-refractivity contribution in [3.05, 3.63) is 30.3 Å². The second-order valence-corrected chi connectivity index (χ2v) is 4.47. The Hall–Kier alpha value is -2.77. The topological polar surface area (TPSA) is 101 Å². The molecule has 21 heavy (non-hydrogen) atoms. The first-order chi connectivity index (χ1) is 10.1. The third kappa shape index (κ3) is 4.10. The van der Waals surface area contributed by atoms with E-state index in [1.807, 2.05) is 30.3 Å². The van der Waals surface area contributed by atoms with Crippen LogP contribution in [-0.2, 0) is 16.1 Å². The molecule has 0 saturated carbocycles. The predicted molar refractivity (Wildman–Crippen MR) is 73.1 cm³/mol. The van der Waals surface area contributed by atoms with Gasteiger partial charge in [-0.05, 0) is 5.21 Å². The van der Waals surface area contributed by atoms with E-state index >= 15 is 0 Å². The first-order valence-electron chi connectivity index (χ1n) is 6.35. The predicted octanol–water partition coefficient (Wildman–Crippen LogP) is 0.273. The van der Waals surface area contributed by atoms with Gasteiger partial charge in [-0.2, -0.15) is 4.80 Å². The number of nitrogens with zero attached hydrogens (tertiary/aromatic N) is 5. The zero-order valence-electron chi connectivity index (χ0n) is 11.5. The van der Waals surface area contributed by atoms with E-state index in [1.54, 1.807) is 7.05 Å². The molecular weight excluding hydrogens is 274 g/mol. The number of tetrazole rings is 1. The van der Waals surface area contributed by atoms with Crippen LogP contribution in [0.1, 0.15) is 6.42 Å². The molecule has 0 fully saturated rings. The highest BCUT2D eigenvalue weighted by Crippen LogP contribution is 2.11. The summed E-state index contributed by atoms with van der Waals surface area (Å²) in [7, 11) is 1.54. The van der Waals surface area contributed by atoms with Gasteiger partial charge in [-0.15, -0.1) is 10.2 Å². The van der Waals surface area contributed by atoms with Crippen LogP contribution in [0, 0.1) is 0 Å². The van der Waals surface area contributed by atoms with Crippen LogP contribution in [0.4, 0.5) is 0 Å². The number of hydrogen-bond acceptors (Lipinski definition) is 5. The minimum atomic E-state index is -0.945. The van der Waals surface area contributed by atoms with Crippen molar-refractivity contribution in [2.75, 3.05) is 13.6 Å². The first kappa shape index (κ1) is 14.6. The number of carbonyl (C=O) groups excluding carboxylic acids is 1. The first-order valence-corrected chi connectivity index (χ1v) is 6.35. The lowest BCUT2D eigenvalue weighted by Crippen LogP contribution is -2.32. The maximum absolute atomic E-state index is 11.9. The summed E-state index contributed by atoms with van der Waals surface area (Å²) in [5.41, 5.74) is 0.815. The molecule has 1 amide bonds. The van der Waals surface area contributed by atoms with E-state index < -0.39 is 5.97 Å². The van der Waals surface area contributed by atoms with E-state index in [2.05, 4.69) is 15.4 Å². The lowest BCUT2D eigenvalue weighted by atomic mass is 10.2. The van der Waals surface area contributed by atoms with Crippen molar-refractivity contribution in [2.24, 2.45) is 0 Å². The van der Waals surface area contributed by atoms with Crippen LogP contribution < -0.4 is 0 Å². The number of carboxylic acids is 1. The number of carbonyl (C=O) groups is 2. The molecule has 8 heteroatoms. The Bertz CT molecular complexity index is 626. The lowest BCUT2D eigenvalue weighted by Gasteiger charge is -2.14. The van der Waals surface area contributed by atoms with Crippen LogP contribution in [0.5, 0.6) is 0 Å². The smallest absolute Gasteiger partial charge is 0.305 e. The van der Waals surface area contributed by atoms with Gasteiger partial charge in [0.1, 0.15) is 6.54 Å². The van der Waals surface area contributed by atoms with Crippen LogP contribution in [0.2, 0.25) is 0 Å². The minimum absolute atomic E-state index is 0.0735. The fourth-order valence-corrected chi connectivity index (χ4v) is 1.64. The fraction of sp³-hybridized carbons (Fsp3) is 0.308. The Kier molecular flexibility index (Phi) is 4.60. The van der Waals surface area contributed by atoms with Crippen LogP contribution in [0.25, 0.3) is 11.4 Å². The molecule has 0 aliphatic rings. The van der Waals surface area contributed by atoms with Gasteiger partial charge in [0, 0.05) is 19.2 Å². The molecule has 0 spiro atoms. The molecule has 2 aromatic rings.